The van der Waals surface area contributed by atoms with E-state index in [-0.39, 0.29) is 6.79 Å². The van der Waals surface area contributed by atoms with Gasteiger partial charge >= 0.3 is 0 Å². The Bertz CT molecular complexity index is 360. The number of rotatable bonds is 4. The molecule has 0 aromatic heterocycles. The molecule has 0 saturated carbocycles. The topological polar surface area (TPSA) is 38.7 Å². The van der Waals surface area contributed by atoms with Crippen molar-refractivity contribution < 1.29 is 14.6 Å². The van der Waals surface area contributed by atoms with Crippen LogP contribution < -0.4 is 9.47 Å². The predicted molar refractivity (Wildman–Crippen MR) is 57.0 cm³/mol. The summed E-state index contributed by atoms with van der Waals surface area (Å²) in [5, 5.41) is 9.84. The van der Waals surface area contributed by atoms with Crippen LogP contribution in [0.25, 0.3) is 0 Å². The van der Waals surface area contributed by atoms with E-state index in [1.54, 1.807) is 6.08 Å². The van der Waals surface area contributed by atoms with Crippen molar-refractivity contribution in [1.82, 2.24) is 0 Å². The first-order valence-electron chi connectivity index (χ1n) is 5.00. The fourth-order valence-corrected chi connectivity index (χ4v) is 1.56. The number of benzene rings is 1. The number of hydrogen-bond acceptors (Lipinski definition) is 3. The average molecular weight is 206 g/mol. The third-order valence-electron chi connectivity index (χ3n) is 2.43. The minimum absolute atomic E-state index is 0.265. The molecular weight excluding hydrogens is 192 g/mol. The first-order chi connectivity index (χ1) is 7.31. The Kier molecular flexibility index (Phi) is 2.92. The second-order valence-electron chi connectivity index (χ2n) is 3.49. The van der Waals surface area contributed by atoms with Crippen molar-refractivity contribution in [3.63, 3.8) is 0 Å². The molecule has 2 rings (SSSR count). The summed E-state index contributed by atoms with van der Waals surface area (Å²) in [4.78, 5) is 0. The molecule has 1 aromatic rings. The molecule has 80 valence electrons. The summed E-state index contributed by atoms with van der Waals surface area (Å²) in [5.41, 5.74) is 0.862. The molecule has 3 nitrogen and oxygen atoms in total. The van der Waals surface area contributed by atoms with Gasteiger partial charge in [-0.1, -0.05) is 12.1 Å². The first kappa shape index (κ1) is 10.1. The molecule has 1 unspecified atom stereocenters. The van der Waals surface area contributed by atoms with Gasteiger partial charge in [0.25, 0.3) is 0 Å². The normalized spacial score (nSPS) is 15.0. The lowest BCUT2D eigenvalue weighted by atomic mass is 10.0. The van der Waals surface area contributed by atoms with Gasteiger partial charge in [-0.05, 0) is 30.5 Å². The van der Waals surface area contributed by atoms with Crippen LogP contribution in [-0.2, 0) is 0 Å². The van der Waals surface area contributed by atoms with Crippen molar-refractivity contribution in [2.45, 2.75) is 18.9 Å². The first-order valence-corrected chi connectivity index (χ1v) is 5.00. The van der Waals surface area contributed by atoms with Gasteiger partial charge in [0.1, 0.15) is 0 Å². The lowest BCUT2D eigenvalue weighted by Crippen LogP contribution is -1.96. The molecule has 1 atom stereocenters. The minimum Gasteiger partial charge on any atom is -0.454 e. The van der Waals surface area contributed by atoms with Crippen LogP contribution in [0.4, 0.5) is 0 Å². The van der Waals surface area contributed by atoms with Crippen molar-refractivity contribution in [3.8, 4) is 11.5 Å². The maximum Gasteiger partial charge on any atom is 0.231 e. The molecule has 1 aromatic carbocycles. The highest BCUT2D eigenvalue weighted by atomic mass is 16.7. The zero-order valence-corrected chi connectivity index (χ0v) is 8.48. The quantitative estimate of drug-likeness (QED) is 0.769. The van der Waals surface area contributed by atoms with Gasteiger partial charge in [-0.2, -0.15) is 0 Å². The van der Waals surface area contributed by atoms with Crippen LogP contribution in [0.15, 0.2) is 30.9 Å². The van der Waals surface area contributed by atoms with Crippen LogP contribution in [-0.4, -0.2) is 11.9 Å². The molecule has 0 bridgehead atoms. The van der Waals surface area contributed by atoms with E-state index in [0.717, 1.165) is 17.7 Å². The van der Waals surface area contributed by atoms with Gasteiger partial charge in [-0.25, -0.2) is 0 Å². The molecule has 1 N–H and O–H groups in total. The van der Waals surface area contributed by atoms with Gasteiger partial charge in [0.2, 0.25) is 6.79 Å². The second-order valence-corrected chi connectivity index (χ2v) is 3.49. The highest BCUT2D eigenvalue weighted by Gasteiger charge is 2.15. The molecule has 0 radical (unpaired) electrons. The van der Waals surface area contributed by atoms with E-state index >= 15 is 0 Å². The Labute approximate surface area is 88.9 Å². The van der Waals surface area contributed by atoms with Crippen LogP contribution in [0.1, 0.15) is 24.5 Å². The third kappa shape index (κ3) is 2.13. The highest BCUT2D eigenvalue weighted by molar-refractivity contribution is 5.45. The van der Waals surface area contributed by atoms with E-state index in [4.69, 9.17) is 9.47 Å². The molecule has 0 amide bonds. The van der Waals surface area contributed by atoms with E-state index in [1.165, 1.54) is 0 Å². The van der Waals surface area contributed by atoms with Crippen LogP contribution in [0.3, 0.4) is 0 Å². The van der Waals surface area contributed by atoms with Crippen molar-refractivity contribution >= 4 is 0 Å². The molecule has 0 saturated heterocycles. The maximum atomic E-state index is 9.84. The molecule has 0 aliphatic carbocycles. The smallest absolute Gasteiger partial charge is 0.231 e. The van der Waals surface area contributed by atoms with Gasteiger partial charge in [0.05, 0.1) is 6.10 Å². The van der Waals surface area contributed by atoms with E-state index in [2.05, 4.69) is 6.58 Å². The molecule has 1 heterocycles. The number of hydrogen-bond donors (Lipinski definition) is 1. The van der Waals surface area contributed by atoms with Crippen LogP contribution in [0.5, 0.6) is 11.5 Å². The summed E-state index contributed by atoms with van der Waals surface area (Å²) >= 11 is 0. The number of aliphatic hydroxyl groups excluding tert-OH is 1. The Balaban J connectivity index is 2.11. The lowest BCUT2D eigenvalue weighted by molar-refractivity contribution is 0.166. The van der Waals surface area contributed by atoms with Crippen molar-refractivity contribution in [3.05, 3.63) is 36.4 Å². The van der Waals surface area contributed by atoms with Crippen LogP contribution in [0.2, 0.25) is 0 Å². The Hall–Kier alpha value is -1.48. The van der Waals surface area contributed by atoms with Gasteiger partial charge in [0, 0.05) is 0 Å². The monoisotopic (exact) mass is 206 g/mol. The van der Waals surface area contributed by atoms with Crippen LogP contribution in [0, 0.1) is 0 Å². The molecule has 0 fully saturated rings. The van der Waals surface area contributed by atoms with E-state index < -0.39 is 6.10 Å². The summed E-state index contributed by atoms with van der Waals surface area (Å²) < 4.78 is 10.4. The standard InChI is InChI=1S/C12H14O3/c1-2-3-4-10(13)9-5-6-11-12(7-9)15-8-14-11/h2,5-7,10,13H,1,3-4,8H2. The highest BCUT2D eigenvalue weighted by Crippen LogP contribution is 2.34. The zero-order chi connectivity index (χ0) is 10.7. The van der Waals surface area contributed by atoms with E-state index in [0.29, 0.717) is 12.2 Å². The summed E-state index contributed by atoms with van der Waals surface area (Å²) in [7, 11) is 0. The number of fused-ring (bicyclic) bond motifs is 1. The van der Waals surface area contributed by atoms with E-state index in [1.807, 2.05) is 18.2 Å². The van der Waals surface area contributed by atoms with Gasteiger partial charge < -0.3 is 14.6 Å². The Morgan fingerprint density at radius 3 is 3.00 bits per heavy atom. The Morgan fingerprint density at radius 2 is 2.20 bits per heavy atom. The number of ether oxygens (including phenoxy) is 2. The summed E-state index contributed by atoms with van der Waals surface area (Å²) in [6, 6.07) is 5.52. The SMILES string of the molecule is C=CCCC(O)c1ccc2c(c1)OCO2. The second kappa shape index (κ2) is 4.36. The molecular formula is C12H14O3. The van der Waals surface area contributed by atoms with Gasteiger partial charge in [0.15, 0.2) is 11.5 Å². The summed E-state index contributed by atoms with van der Waals surface area (Å²) in [6.45, 7) is 3.89. The van der Waals surface area contributed by atoms with Gasteiger partial charge in [-0.15, -0.1) is 6.58 Å². The third-order valence-corrected chi connectivity index (χ3v) is 2.43. The Morgan fingerprint density at radius 1 is 1.40 bits per heavy atom. The van der Waals surface area contributed by atoms with Crippen molar-refractivity contribution in [2.24, 2.45) is 0 Å². The molecule has 1 aliphatic rings. The zero-order valence-electron chi connectivity index (χ0n) is 8.48. The largest absolute Gasteiger partial charge is 0.454 e. The molecule has 3 heteroatoms. The molecule has 0 spiro atoms. The number of aliphatic hydroxyl groups is 1. The maximum absolute atomic E-state index is 9.84. The van der Waals surface area contributed by atoms with E-state index in [9.17, 15) is 5.11 Å². The van der Waals surface area contributed by atoms with Gasteiger partial charge in [-0.3, -0.25) is 0 Å². The van der Waals surface area contributed by atoms with Crippen molar-refractivity contribution in [1.29, 1.82) is 0 Å². The summed E-state index contributed by atoms with van der Waals surface area (Å²) in [5.74, 6) is 1.46. The number of allylic oxidation sites excluding steroid dienone is 1. The average Bonchev–Trinajstić information content (AvgIpc) is 2.72. The predicted octanol–water partition coefficient (Wildman–Crippen LogP) is 2.41. The minimum atomic E-state index is -0.461. The fourth-order valence-electron chi connectivity index (χ4n) is 1.56. The lowest BCUT2D eigenvalue weighted by Gasteiger charge is -2.09. The van der Waals surface area contributed by atoms with Crippen LogP contribution >= 0.6 is 0 Å². The summed E-state index contributed by atoms with van der Waals surface area (Å²) in [6.07, 6.45) is 2.83. The molecule has 1 aliphatic heterocycles. The fraction of sp³-hybridized carbons (Fsp3) is 0.333. The molecule has 15 heavy (non-hydrogen) atoms. The van der Waals surface area contributed by atoms with Crippen molar-refractivity contribution in [2.75, 3.05) is 6.79 Å².